The van der Waals surface area contributed by atoms with Crippen molar-refractivity contribution in [2.75, 3.05) is 13.1 Å². The predicted octanol–water partition coefficient (Wildman–Crippen LogP) is 2.07. The summed E-state index contributed by atoms with van der Waals surface area (Å²) in [5.41, 5.74) is 2.03. The van der Waals surface area contributed by atoms with Gasteiger partial charge in [-0.2, -0.15) is 0 Å². The molecule has 1 amide bonds. The minimum absolute atomic E-state index is 0.242. The second-order valence-electron chi connectivity index (χ2n) is 6.37. The molecule has 0 radical (unpaired) electrons. The average molecular weight is 287 g/mol. The van der Waals surface area contributed by atoms with Crippen molar-refractivity contribution in [1.82, 2.24) is 15.2 Å². The Morgan fingerprint density at radius 2 is 2.24 bits per heavy atom. The molecular formula is C17H25N3O. The van der Waals surface area contributed by atoms with Gasteiger partial charge < -0.3 is 10.2 Å². The van der Waals surface area contributed by atoms with Gasteiger partial charge in [-0.25, -0.2) is 0 Å². The lowest BCUT2D eigenvalue weighted by Gasteiger charge is -2.31. The average Bonchev–Trinajstić information content (AvgIpc) is 3.33. The van der Waals surface area contributed by atoms with E-state index in [2.05, 4.69) is 15.2 Å². The van der Waals surface area contributed by atoms with Gasteiger partial charge in [0.05, 0.1) is 12.1 Å². The van der Waals surface area contributed by atoms with Crippen LogP contribution >= 0.6 is 0 Å². The van der Waals surface area contributed by atoms with Crippen molar-refractivity contribution in [1.29, 1.82) is 0 Å². The van der Waals surface area contributed by atoms with Crippen LogP contribution in [0.3, 0.4) is 0 Å². The van der Waals surface area contributed by atoms with Gasteiger partial charge in [0.1, 0.15) is 0 Å². The van der Waals surface area contributed by atoms with E-state index >= 15 is 0 Å². The van der Waals surface area contributed by atoms with E-state index in [1.807, 2.05) is 19.1 Å². The molecule has 1 unspecified atom stereocenters. The van der Waals surface area contributed by atoms with E-state index in [0.717, 1.165) is 24.3 Å². The largest absolute Gasteiger partial charge is 0.338 e. The maximum Gasteiger partial charge on any atom is 0.228 e. The van der Waals surface area contributed by atoms with E-state index in [-0.39, 0.29) is 5.91 Å². The number of aryl methyl sites for hydroxylation is 1. The molecule has 0 spiro atoms. The SMILES string of the molecule is Cc1cccnc1CC(=O)N(CC1CCCCN1)C1CC1. The highest BCUT2D eigenvalue weighted by molar-refractivity contribution is 5.79. The van der Waals surface area contributed by atoms with Crippen LogP contribution in [0.25, 0.3) is 0 Å². The minimum atomic E-state index is 0.242. The molecule has 4 heteroatoms. The van der Waals surface area contributed by atoms with Crippen molar-refractivity contribution >= 4 is 5.91 Å². The molecule has 21 heavy (non-hydrogen) atoms. The summed E-state index contributed by atoms with van der Waals surface area (Å²) in [6, 6.07) is 4.91. The van der Waals surface area contributed by atoms with Crippen LogP contribution in [0.15, 0.2) is 18.3 Å². The number of hydrogen-bond acceptors (Lipinski definition) is 3. The number of carbonyl (C=O) groups is 1. The summed E-state index contributed by atoms with van der Waals surface area (Å²) >= 11 is 0. The first-order valence-corrected chi connectivity index (χ1v) is 8.17. The van der Waals surface area contributed by atoms with Crippen molar-refractivity contribution in [3.63, 3.8) is 0 Å². The number of amides is 1. The summed E-state index contributed by atoms with van der Waals surface area (Å²) < 4.78 is 0. The van der Waals surface area contributed by atoms with Crippen LogP contribution in [-0.4, -0.2) is 41.0 Å². The number of hydrogen-bond donors (Lipinski definition) is 1. The second-order valence-corrected chi connectivity index (χ2v) is 6.37. The summed E-state index contributed by atoms with van der Waals surface area (Å²) in [6.45, 7) is 3.99. The van der Waals surface area contributed by atoms with E-state index in [1.165, 1.54) is 32.1 Å². The quantitative estimate of drug-likeness (QED) is 0.901. The zero-order valence-corrected chi connectivity index (χ0v) is 12.8. The number of nitrogens with zero attached hydrogens (tertiary/aromatic N) is 2. The molecule has 1 N–H and O–H groups in total. The fourth-order valence-electron chi connectivity index (χ4n) is 3.11. The van der Waals surface area contributed by atoms with E-state index in [9.17, 15) is 4.79 Å². The molecule has 2 aliphatic rings. The number of aromatic nitrogens is 1. The summed E-state index contributed by atoms with van der Waals surface area (Å²) in [6.07, 6.45) is 8.29. The molecular weight excluding hydrogens is 262 g/mol. The van der Waals surface area contributed by atoms with Crippen molar-refractivity contribution in [2.24, 2.45) is 0 Å². The van der Waals surface area contributed by atoms with Crippen LogP contribution in [0.5, 0.6) is 0 Å². The summed E-state index contributed by atoms with van der Waals surface area (Å²) in [7, 11) is 0. The Hall–Kier alpha value is -1.42. The monoisotopic (exact) mass is 287 g/mol. The van der Waals surface area contributed by atoms with Gasteiger partial charge >= 0.3 is 0 Å². The highest BCUT2D eigenvalue weighted by atomic mass is 16.2. The summed E-state index contributed by atoms with van der Waals surface area (Å²) in [5, 5.41) is 3.55. The van der Waals surface area contributed by atoms with Crippen LogP contribution in [-0.2, 0) is 11.2 Å². The van der Waals surface area contributed by atoms with Crippen molar-refractivity contribution in [3.8, 4) is 0 Å². The highest BCUT2D eigenvalue weighted by Gasteiger charge is 2.34. The zero-order chi connectivity index (χ0) is 14.7. The molecule has 2 heterocycles. The molecule has 3 rings (SSSR count). The number of piperidine rings is 1. The lowest BCUT2D eigenvalue weighted by atomic mass is 10.0. The van der Waals surface area contributed by atoms with Crippen LogP contribution in [0.2, 0.25) is 0 Å². The van der Waals surface area contributed by atoms with Gasteiger partial charge in [-0.05, 0) is 50.8 Å². The fraction of sp³-hybridized carbons (Fsp3) is 0.647. The number of rotatable bonds is 5. The molecule has 1 saturated heterocycles. The Kier molecular flexibility index (Phi) is 4.54. The molecule has 1 saturated carbocycles. The lowest BCUT2D eigenvalue weighted by Crippen LogP contribution is -2.47. The van der Waals surface area contributed by atoms with E-state index in [4.69, 9.17) is 0 Å². The van der Waals surface area contributed by atoms with Crippen molar-refractivity contribution < 1.29 is 4.79 Å². The third kappa shape index (κ3) is 3.82. The third-order valence-corrected chi connectivity index (χ3v) is 4.57. The van der Waals surface area contributed by atoms with Gasteiger partial charge in [-0.3, -0.25) is 9.78 Å². The normalized spacial score (nSPS) is 22.0. The van der Waals surface area contributed by atoms with E-state index in [1.54, 1.807) is 6.20 Å². The van der Waals surface area contributed by atoms with Crippen molar-refractivity contribution in [2.45, 2.75) is 57.5 Å². The zero-order valence-electron chi connectivity index (χ0n) is 12.8. The Morgan fingerprint density at radius 1 is 1.38 bits per heavy atom. The molecule has 1 aromatic rings. The molecule has 114 valence electrons. The van der Waals surface area contributed by atoms with Crippen LogP contribution in [0, 0.1) is 6.92 Å². The molecule has 0 bridgehead atoms. The molecule has 1 aliphatic carbocycles. The van der Waals surface area contributed by atoms with Gasteiger partial charge in [0.15, 0.2) is 0 Å². The van der Waals surface area contributed by atoms with Gasteiger partial charge in [0.25, 0.3) is 0 Å². The maximum atomic E-state index is 12.7. The topological polar surface area (TPSA) is 45.2 Å². The molecule has 1 atom stereocenters. The third-order valence-electron chi connectivity index (χ3n) is 4.57. The Balaban J connectivity index is 1.63. The van der Waals surface area contributed by atoms with Crippen LogP contribution in [0.1, 0.15) is 43.4 Å². The Labute approximate surface area is 126 Å². The second kappa shape index (κ2) is 6.56. The summed E-state index contributed by atoms with van der Waals surface area (Å²) in [4.78, 5) is 19.2. The molecule has 4 nitrogen and oxygen atoms in total. The lowest BCUT2D eigenvalue weighted by molar-refractivity contribution is -0.131. The van der Waals surface area contributed by atoms with Crippen molar-refractivity contribution in [3.05, 3.63) is 29.6 Å². The Bertz CT molecular complexity index is 493. The first kappa shape index (κ1) is 14.5. The standard InChI is InChI=1S/C17H25N3O/c1-13-5-4-10-19-16(13)11-17(21)20(15-7-8-15)12-14-6-2-3-9-18-14/h4-5,10,14-15,18H,2-3,6-9,11-12H2,1H3. The molecule has 1 aromatic heterocycles. The smallest absolute Gasteiger partial charge is 0.228 e. The van der Waals surface area contributed by atoms with E-state index < -0.39 is 0 Å². The molecule has 1 aliphatic heterocycles. The van der Waals surface area contributed by atoms with Crippen LogP contribution in [0.4, 0.5) is 0 Å². The molecule has 0 aromatic carbocycles. The predicted molar refractivity (Wildman–Crippen MR) is 83.1 cm³/mol. The number of carbonyl (C=O) groups excluding carboxylic acids is 1. The minimum Gasteiger partial charge on any atom is -0.338 e. The molecule has 2 fully saturated rings. The van der Waals surface area contributed by atoms with Gasteiger partial charge in [0, 0.05) is 24.8 Å². The number of pyridine rings is 1. The first-order valence-electron chi connectivity index (χ1n) is 8.17. The maximum absolute atomic E-state index is 12.7. The van der Waals surface area contributed by atoms with Crippen LogP contribution < -0.4 is 5.32 Å². The summed E-state index contributed by atoms with van der Waals surface area (Å²) in [5.74, 6) is 0.242. The fourth-order valence-corrected chi connectivity index (χ4v) is 3.11. The highest BCUT2D eigenvalue weighted by Crippen LogP contribution is 2.28. The van der Waals surface area contributed by atoms with Gasteiger partial charge in [0.2, 0.25) is 5.91 Å². The first-order chi connectivity index (χ1) is 10.2. The number of nitrogens with one attached hydrogen (secondary N) is 1. The van der Waals surface area contributed by atoms with Gasteiger partial charge in [-0.1, -0.05) is 12.5 Å². The van der Waals surface area contributed by atoms with E-state index in [0.29, 0.717) is 18.5 Å². The Morgan fingerprint density at radius 3 is 2.90 bits per heavy atom. The van der Waals surface area contributed by atoms with Gasteiger partial charge in [-0.15, -0.1) is 0 Å².